The van der Waals surface area contributed by atoms with Crippen LogP contribution in [0.3, 0.4) is 0 Å². The Bertz CT molecular complexity index is 1030. The Kier molecular flexibility index (Phi) is 4.69. The Balaban J connectivity index is 1.81. The lowest BCUT2D eigenvalue weighted by Gasteiger charge is -2.14. The zero-order valence-corrected chi connectivity index (χ0v) is 17.1. The number of likely N-dealkylation sites (N-methyl/N-ethyl adjacent to an activating group) is 1. The molecule has 0 fully saturated rings. The van der Waals surface area contributed by atoms with E-state index in [4.69, 9.17) is 4.98 Å². The SMILES string of the molecule is CN(C)CCNc1nc(C2C(=O)Cc3ccc(Br)cc32)c2cn(C)nc2n1. The number of nitrogens with zero attached hydrogens (tertiary/aromatic N) is 5. The molecule has 4 rings (SSSR count). The first-order valence-electron chi connectivity index (χ1n) is 8.83. The third-order valence-electron chi connectivity index (χ3n) is 4.74. The highest BCUT2D eigenvalue weighted by atomic mass is 79.9. The minimum Gasteiger partial charge on any atom is -0.353 e. The van der Waals surface area contributed by atoms with Crippen LogP contribution in [-0.2, 0) is 18.3 Å². The summed E-state index contributed by atoms with van der Waals surface area (Å²) in [5, 5.41) is 8.52. The number of carbonyl (C=O) groups is 1. The van der Waals surface area contributed by atoms with E-state index in [-0.39, 0.29) is 11.7 Å². The number of aryl methyl sites for hydroxylation is 1. The van der Waals surface area contributed by atoms with Crippen LogP contribution in [0, 0.1) is 0 Å². The van der Waals surface area contributed by atoms with Crippen molar-refractivity contribution in [1.82, 2.24) is 24.6 Å². The van der Waals surface area contributed by atoms with Crippen molar-refractivity contribution in [2.75, 3.05) is 32.5 Å². The first-order chi connectivity index (χ1) is 12.9. The van der Waals surface area contributed by atoms with Crippen LogP contribution < -0.4 is 5.32 Å². The maximum Gasteiger partial charge on any atom is 0.225 e. The number of carbonyl (C=O) groups excluding carboxylic acids is 1. The van der Waals surface area contributed by atoms with E-state index in [1.54, 1.807) is 4.68 Å². The van der Waals surface area contributed by atoms with Crippen molar-refractivity contribution in [2.24, 2.45) is 7.05 Å². The molecule has 8 heteroatoms. The summed E-state index contributed by atoms with van der Waals surface area (Å²) in [5.74, 6) is 0.280. The summed E-state index contributed by atoms with van der Waals surface area (Å²) in [5.41, 5.74) is 3.40. The van der Waals surface area contributed by atoms with Gasteiger partial charge >= 0.3 is 0 Å². The van der Waals surface area contributed by atoms with Crippen molar-refractivity contribution in [3.05, 3.63) is 45.7 Å². The van der Waals surface area contributed by atoms with E-state index in [0.717, 1.165) is 33.2 Å². The van der Waals surface area contributed by atoms with Crippen LogP contribution in [0.25, 0.3) is 11.0 Å². The summed E-state index contributed by atoms with van der Waals surface area (Å²) in [6.45, 7) is 1.57. The fraction of sp³-hybridized carbons (Fsp3) is 0.368. The first-order valence-corrected chi connectivity index (χ1v) is 9.62. The molecule has 1 N–H and O–H groups in total. The van der Waals surface area contributed by atoms with E-state index < -0.39 is 0 Å². The number of ketones is 1. The molecule has 27 heavy (non-hydrogen) atoms. The number of halogens is 1. The summed E-state index contributed by atoms with van der Waals surface area (Å²) in [4.78, 5) is 24.2. The maximum atomic E-state index is 12.9. The molecule has 1 aliphatic carbocycles. The second kappa shape index (κ2) is 7.01. The van der Waals surface area contributed by atoms with Gasteiger partial charge in [-0.1, -0.05) is 22.0 Å². The number of hydrogen-bond donors (Lipinski definition) is 1. The van der Waals surface area contributed by atoms with Gasteiger partial charge in [0.25, 0.3) is 0 Å². The predicted octanol–water partition coefficient (Wildman–Crippen LogP) is 2.36. The summed E-state index contributed by atoms with van der Waals surface area (Å²) < 4.78 is 2.68. The third kappa shape index (κ3) is 3.46. The fourth-order valence-corrected chi connectivity index (χ4v) is 3.87. The third-order valence-corrected chi connectivity index (χ3v) is 5.24. The summed E-state index contributed by atoms with van der Waals surface area (Å²) >= 11 is 3.52. The number of aromatic nitrogens is 4. The Morgan fingerprint density at radius 3 is 2.93 bits per heavy atom. The summed E-state index contributed by atoms with van der Waals surface area (Å²) in [7, 11) is 5.88. The van der Waals surface area contributed by atoms with Gasteiger partial charge < -0.3 is 10.2 Å². The Hall–Kier alpha value is -2.32. The van der Waals surface area contributed by atoms with E-state index in [9.17, 15) is 4.79 Å². The monoisotopic (exact) mass is 428 g/mol. The van der Waals surface area contributed by atoms with Crippen molar-refractivity contribution < 1.29 is 4.79 Å². The zero-order chi connectivity index (χ0) is 19.1. The number of rotatable bonds is 5. The van der Waals surface area contributed by atoms with Crippen molar-refractivity contribution in [2.45, 2.75) is 12.3 Å². The number of hydrogen-bond acceptors (Lipinski definition) is 6. The molecule has 0 spiro atoms. The lowest BCUT2D eigenvalue weighted by atomic mass is 9.95. The van der Waals surface area contributed by atoms with Gasteiger partial charge in [0, 0.05) is 37.2 Å². The molecular formula is C19H21BrN6O. The number of benzene rings is 1. The maximum absolute atomic E-state index is 12.9. The van der Waals surface area contributed by atoms with E-state index >= 15 is 0 Å². The van der Waals surface area contributed by atoms with E-state index in [2.05, 4.69) is 36.2 Å². The molecular weight excluding hydrogens is 408 g/mol. The van der Waals surface area contributed by atoms with Gasteiger partial charge in [-0.25, -0.2) is 4.98 Å². The fourth-order valence-electron chi connectivity index (χ4n) is 3.49. The van der Waals surface area contributed by atoms with Crippen LogP contribution in [-0.4, -0.2) is 57.6 Å². The van der Waals surface area contributed by atoms with Crippen molar-refractivity contribution in [3.63, 3.8) is 0 Å². The second-order valence-electron chi connectivity index (χ2n) is 7.12. The van der Waals surface area contributed by atoms with Crippen molar-refractivity contribution in [1.29, 1.82) is 0 Å². The molecule has 7 nitrogen and oxygen atoms in total. The van der Waals surface area contributed by atoms with Crippen LogP contribution in [0.4, 0.5) is 5.95 Å². The Morgan fingerprint density at radius 1 is 1.33 bits per heavy atom. The van der Waals surface area contributed by atoms with E-state index in [0.29, 0.717) is 24.6 Å². The number of anilines is 1. The molecule has 3 aromatic rings. The highest BCUT2D eigenvalue weighted by Crippen LogP contribution is 2.39. The number of Topliss-reactive ketones (excluding diaryl/α,β-unsaturated/α-hetero) is 1. The standard InChI is InChI=1S/C19H21BrN6O/c1-25(2)7-6-21-19-22-17(14-10-26(3)24-18(14)23-19)16-13-9-12(20)5-4-11(13)8-15(16)27/h4-5,9-10,16H,6-8H2,1-3H3,(H,21,23,24). The number of fused-ring (bicyclic) bond motifs is 2. The number of nitrogens with one attached hydrogen (secondary N) is 1. The van der Waals surface area contributed by atoms with Crippen LogP contribution in [0.1, 0.15) is 22.7 Å². The van der Waals surface area contributed by atoms with Crippen molar-refractivity contribution >= 4 is 38.7 Å². The smallest absolute Gasteiger partial charge is 0.225 e. The molecule has 1 unspecified atom stereocenters. The molecule has 0 saturated carbocycles. The summed E-state index contributed by atoms with van der Waals surface area (Å²) in [6.07, 6.45) is 2.32. The molecule has 1 atom stereocenters. The first kappa shape index (κ1) is 18.1. The van der Waals surface area contributed by atoms with Gasteiger partial charge in [0.2, 0.25) is 5.95 Å². The van der Waals surface area contributed by atoms with Gasteiger partial charge in [-0.15, -0.1) is 0 Å². The summed E-state index contributed by atoms with van der Waals surface area (Å²) in [6, 6.07) is 6.01. The Labute approximate surface area is 165 Å². The van der Waals surface area contributed by atoms with Crippen LogP contribution in [0.15, 0.2) is 28.9 Å². The van der Waals surface area contributed by atoms with Crippen LogP contribution in [0.2, 0.25) is 0 Å². The molecule has 0 aliphatic heterocycles. The molecule has 0 saturated heterocycles. The van der Waals surface area contributed by atoms with Gasteiger partial charge in [0.1, 0.15) is 0 Å². The molecule has 140 valence electrons. The van der Waals surface area contributed by atoms with Gasteiger partial charge in [0.15, 0.2) is 11.4 Å². The van der Waals surface area contributed by atoms with Crippen molar-refractivity contribution in [3.8, 4) is 0 Å². The average molecular weight is 429 g/mol. The molecule has 0 bridgehead atoms. The topological polar surface area (TPSA) is 75.9 Å². The lowest BCUT2D eigenvalue weighted by Crippen LogP contribution is -2.22. The van der Waals surface area contributed by atoms with Gasteiger partial charge in [-0.2, -0.15) is 10.1 Å². The molecule has 0 radical (unpaired) electrons. The minimum atomic E-state index is -0.387. The largest absolute Gasteiger partial charge is 0.353 e. The van der Waals surface area contributed by atoms with E-state index in [1.807, 2.05) is 45.5 Å². The Morgan fingerprint density at radius 2 is 2.15 bits per heavy atom. The highest BCUT2D eigenvalue weighted by molar-refractivity contribution is 9.10. The average Bonchev–Trinajstić information content (AvgIpc) is 3.12. The normalized spacial score (nSPS) is 16.3. The lowest BCUT2D eigenvalue weighted by molar-refractivity contribution is -0.118. The molecule has 1 aromatic carbocycles. The van der Waals surface area contributed by atoms with Gasteiger partial charge in [-0.3, -0.25) is 9.48 Å². The predicted molar refractivity (Wildman–Crippen MR) is 108 cm³/mol. The molecule has 1 aliphatic rings. The minimum absolute atomic E-state index is 0.159. The molecule has 2 aromatic heterocycles. The molecule has 0 amide bonds. The van der Waals surface area contributed by atoms with Crippen LogP contribution >= 0.6 is 15.9 Å². The quantitative estimate of drug-likeness (QED) is 0.671. The van der Waals surface area contributed by atoms with E-state index in [1.165, 1.54) is 0 Å². The van der Waals surface area contributed by atoms with Gasteiger partial charge in [0.05, 0.1) is 17.0 Å². The second-order valence-corrected chi connectivity index (χ2v) is 8.04. The van der Waals surface area contributed by atoms with Gasteiger partial charge in [-0.05, 0) is 37.4 Å². The zero-order valence-electron chi connectivity index (χ0n) is 15.5. The van der Waals surface area contributed by atoms with Crippen LogP contribution in [0.5, 0.6) is 0 Å². The molecule has 2 heterocycles. The highest BCUT2D eigenvalue weighted by Gasteiger charge is 2.35.